The third-order valence-electron chi connectivity index (χ3n) is 3.28. The fourth-order valence-electron chi connectivity index (χ4n) is 1.79. The van der Waals surface area contributed by atoms with Crippen LogP contribution < -0.4 is 22.1 Å². The van der Waals surface area contributed by atoms with Crippen molar-refractivity contribution >= 4 is 29.5 Å². The summed E-state index contributed by atoms with van der Waals surface area (Å²) in [7, 11) is 0. The molecule has 0 aliphatic rings. The molecule has 0 aliphatic heterocycles. The number of rotatable bonds is 12. The van der Waals surface area contributed by atoms with Gasteiger partial charge in [-0.2, -0.15) is 11.8 Å². The van der Waals surface area contributed by atoms with Gasteiger partial charge in [0.15, 0.2) is 0 Å². The molecule has 9 heteroatoms. The summed E-state index contributed by atoms with van der Waals surface area (Å²) in [5, 5.41) is 13.8. The third-order valence-corrected chi connectivity index (χ3v) is 3.92. The Hall–Kier alpha value is -1.32. The zero-order valence-corrected chi connectivity index (χ0v) is 14.5. The molecule has 23 heavy (non-hydrogen) atoms. The molecule has 0 aromatic rings. The van der Waals surface area contributed by atoms with E-state index in [2.05, 4.69) is 10.6 Å². The SMILES string of the molecule is CSCC[C@H](N)C(=O)N[C@@H](CCCCN)C(=O)N[C@@H](C)C(=O)O. The summed E-state index contributed by atoms with van der Waals surface area (Å²) in [6, 6.07) is -2.53. The lowest BCUT2D eigenvalue weighted by Crippen LogP contribution is -2.54. The number of carboxylic acids is 1. The molecule has 0 saturated carbocycles. The Morgan fingerprint density at radius 1 is 1.13 bits per heavy atom. The molecule has 134 valence electrons. The van der Waals surface area contributed by atoms with Crippen LogP contribution in [0.1, 0.15) is 32.6 Å². The molecule has 0 unspecified atom stereocenters. The van der Waals surface area contributed by atoms with Crippen LogP contribution in [0.15, 0.2) is 0 Å². The maximum absolute atomic E-state index is 12.2. The quantitative estimate of drug-likeness (QED) is 0.292. The van der Waals surface area contributed by atoms with E-state index in [9.17, 15) is 14.4 Å². The fourth-order valence-corrected chi connectivity index (χ4v) is 2.28. The van der Waals surface area contributed by atoms with E-state index in [4.69, 9.17) is 16.6 Å². The van der Waals surface area contributed by atoms with Crippen LogP contribution in [0.4, 0.5) is 0 Å². The van der Waals surface area contributed by atoms with Crippen molar-refractivity contribution in [3.63, 3.8) is 0 Å². The zero-order chi connectivity index (χ0) is 17.8. The highest BCUT2D eigenvalue weighted by molar-refractivity contribution is 7.98. The number of carboxylic acid groups (broad SMARTS) is 1. The van der Waals surface area contributed by atoms with Gasteiger partial charge in [0.05, 0.1) is 6.04 Å². The maximum atomic E-state index is 12.2. The molecule has 0 aromatic heterocycles. The van der Waals surface area contributed by atoms with Gasteiger partial charge in [-0.1, -0.05) is 0 Å². The number of carbonyl (C=O) groups excluding carboxylic acids is 2. The van der Waals surface area contributed by atoms with Crippen LogP contribution in [-0.4, -0.2) is 59.6 Å². The van der Waals surface area contributed by atoms with Gasteiger partial charge in [0.25, 0.3) is 0 Å². The first-order valence-electron chi connectivity index (χ1n) is 7.61. The molecule has 8 nitrogen and oxygen atoms in total. The van der Waals surface area contributed by atoms with Crippen molar-refractivity contribution in [1.29, 1.82) is 0 Å². The van der Waals surface area contributed by atoms with E-state index in [0.717, 1.165) is 5.75 Å². The van der Waals surface area contributed by atoms with E-state index in [1.54, 1.807) is 11.8 Å². The van der Waals surface area contributed by atoms with Gasteiger partial charge in [-0.3, -0.25) is 14.4 Å². The minimum absolute atomic E-state index is 0.385. The van der Waals surface area contributed by atoms with Gasteiger partial charge < -0.3 is 27.2 Å². The Morgan fingerprint density at radius 3 is 2.30 bits per heavy atom. The Labute approximate surface area is 141 Å². The minimum atomic E-state index is -1.14. The summed E-state index contributed by atoms with van der Waals surface area (Å²) in [6.45, 7) is 1.85. The molecule has 0 bridgehead atoms. The highest BCUT2D eigenvalue weighted by atomic mass is 32.2. The number of amides is 2. The lowest BCUT2D eigenvalue weighted by atomic mass is 10.1. The van der Waals surface area contributed by atoms with Gasteiger partial charge in [0.2, 0.25) is 11.8 Å². The van der Waals surface area contributed by atoms with Crippen molar-refractivity contribution in [2.75, 3.05) is 18.6 Å². The lowest BCUT2D eigenvalue weighted by molar-refractivity contribution is -0.141. The van der Waals surface area contributed by atoms with E-state index in [1.165, 1.54) is 6.92 Å². The molecule has 0 aliphatic carbocycles. The number of hydrogen-bond donors (Lipinski definition) is 5. The fraction of sp³-hybridized carbons (Fsp3) is 0.786. The minimum Gasteiger partial charge on any atom is -0.480 e. The van der Waals surface area contributed by atoms with Crippen LogP contribution >= 0.6 is 11.8 Å². The molecule has 0 aromatic carbocycles. The third kappa shape index (κ3) is 9.42. The molecule has 0 fully saturated rings. The average molecular weight is 348 g/mol. The molecule has 2 amide bonds. The summed E-state index contributed by atoms with van der Waals surface area (Å²) in [5.41, 5.74) is 11.2. The number of thioether (sulfide) groups is 1. The van der Waals surface area contributed by atoms with Crippen LogP contribution in [0.3, 0.4) is 0 Å². The first-order chi connectivity index (χ1) is 10.8. The highest BCUT2D eigenvalue weighted by Gasteiger charge is 2.25. The first kappa shape index (κ1) is 21.7. The van der Waals surface area contributed by atoms with Crippen molar-refractivity contribution < 1.29 is 19.5 Å². The van der Waals surface area contributed by atoms with Gasteiger partial charge in [-0.25, -0.2) is 0 Å². The van der Waals surface area contributed by atoms with Crippen molar-refractivity contribution in [3.05, 3.63) is 0 Å². The molecule has 3 atom stereocenters. The summed E-state index contributed by atoms with van der Waals surface area (Å²) in [5.74, 6) is -1.33. The van der Waals surface area contributed by atoms with Crippen molar-refractivity contribution in [1.82, 2.24) is 10.6 Å². The zero-order valence-electron chi connectivity index (χ0n) is 13.7. The van der Waals surface area contributed by atoms with E-state index < -0.39 is 35.9 Å². The van der Waals surface area contributed by atoms with Crippen LogP contribution in [0.2, 0.25) is 0 Å². The monoisotopic (exact) mass is 348 g/mol. The summed E-state index contributed by atoms with van der Waals surface area (Å²) in [4.78, 5) is 35.0. The molecule has 0 heterocycles. The smallest absolute Gasteiger partial charge is 0.325 e. The van der Waals surface area contributed by atoms with Crippen LogP contribution in [0.5, 0.6) is 0 Å². The second-order valence-electron chi connectivity index (χ2n) is 5.30. The number of hydrogen-bond acceptors (Lipinski definition) is 6. The second-order valence-corrected chi connectivity index (χ2v) is 6.29. The van der Waals surface area contributed by atoms with E-state index >= 15 is 0 Å². The molecule has 0 spiro atoms. The normalized spacial score (nSPS) is 14.6. The van der Waals surface area contributed by atoms with Crippen LogP contribution in [0, 0.1) is 0 Å². The molecular formula is C14H28N4O4S. The van der Waals surface area contributed by atoms with Gasteiger partial charge in [0, 0.05) is 0 Å². The summed E-state index contributed by atoms with van der Waals surface area (Å²) < 4.78 is 0. The van der Waals surface area contributed by atoms with E-state index in [0.29, 0.717) is 32.2 Å². The Kier molecular flexibility index (Phi) is 11.4. The number of nitrogens with one attached hydrogen (secondary N) is 2. The van der Waals surface area contributed by atoms with Crippen LogP contribution in [-0.2, 0) is 14.4 Å². The molecule has 0 radical (unpaired) electrons. The van der Waals surface area contributed by atoms with Crippen molar-refractivity contribution in [3.8, 4) is 0 Å². The maximum Gasteiger partial charge on any atom is 0.325 e. The molecule has 0 rings (SSSR count). The number of unbranched alkanes of at least 4 members (excludes halogenated alkanes) is 1. The Bertz CT molecular complexity index is 395. The summed E-state index contributed by atoms with van der Waals surface area (Å²) >= 11 is 1.58. The molecule has 7 N–H and O–H groups in total. The highest BCUT2D eigenvalue weighted by Crippen LogP contribution is 2.04. The molecule has 0 saturated heterocycles. The van der Waals surface area contributed by atoms with Crippen molar-refractivity contribution in [2.45, 2.75) is 50.7 Å². The second kappa shape index (κ2) is 12.1. The lowest BCUT2D eigenvalue weighted by Gasteiger charge is -2.21. The number of nitrogens with two attached hydrogens (primary N) is 2. The average Bonchev–Trinajstić information content (AvgIpc) is 2.51. The van der Waals surface area contributed by atoms with Gasteiger partial charge in [-0.15, -0.1) is 0 Å². The van der Waals surface area contributed by atoms with E-state index in [-0.39, 0.29) is 0 Å². The van der Waals surface area contributed by atoms with Gasteiger partial charge in [0.1, 0.15) is 12.1 Å². The Balaban J connectivity index is 4.68. The predicted octanol–water partition coefficient (Wildman–Crippen LogP) is -0.730. The standard InChI is InChI=1S/C14H28N4O4S/c1-9(14(21)22)17-13(20)11(5-3-4-7-15)18-12(19)10(16)6-8-23-2/h9-11H,3-8,15-16H2,1-2H3,(H,17,20)(H,18,19)(H,21,22)/t9-,10-,11-/m0/s1. The largest absolute Gasteiger partial charge is 0.480 e. The van der Waals surface area contributed by atoms with E-state index in [1.807, 2.05) is 6.26 Å². The Morgan fingerprint density at radius 2 is 1.78 bits per heavy atom. The van der Waals surface area contributed by atoms with Crippen molar-refractivity contribution in [2.24, 2.45) is 11.5 Å². The van der Waals surface area contributed by atoms with Gasteiger partial charge >= 0.3 is 5.97 Å². The predicted molar refractivity (Wildman–Crippen MR) is 91.1 cm³/mol. The van der Waals surface area contributed by atoms with Crippen LogP contribution in [0.25, 0.3) is 0 Å². The van der Waals surface area contributed by atoms with Gasteiger partial charge in [-0.05, 0) is 51.2 Å². The summed E-state index contributed by atoms with van der Waals surface area (Å²) in [6.07, 6.45) is 4.18. The topological polar surface area (TPSA) is 148 Å². The number of carbonyl (C=O) groups is 3. The first-order valence-corrected chi connectivity index (χ1v) is 9.01. The number of aliphatic carboxylic acids is 1. The molecular weight excluding hydrogens is 320 g/mol.